The average molecular weight is 209 g/mol. The summed E-state index contributed by atoms with van der Waals surface area (Å²) < 4.78 is 0.664. The fourth-order valence-electron chi connectivity index (χ4n) is 1.95. The lowest BCUT2D eigenvalue weighted by Gasteiger charge is -2.32. The van der Waals surface area contributed by atoms with Crippen LogP contribution in [0.25, 0.3) is 0 Å². The van der Waals surface area contributed by atoms with E-state index in [4.69, 9.17) is 12.2 Å². The molecule has 0 aromatic carbocycles. The van der Waals surface area contributed by atoms with E-state index in [-0.39, 0.29) is 0 Å². The lowest BCUT2D eigenvalue weighted by molar-refractivity contribution is 0.444. The number of aromatic nitrogens is 2. The van der Waals surface area contributed by atoms with E-state index in [1.54, 1.807) is 6.33 Å². The molecule has 76 valence electrons. The normalized spacial score (nSPS) is 22.4. The third-order valence-corrected chi connectivity index (χ3v) is 2.89. The van der Waals surface area contributed by atoms with Crippen LogP contribution in [-0.4, -0.2) is 23.1 Å². The maximum atomic E-state index is 5.04. The summed E-state index contributed by atoms with van der Waals surface area (Å²) in [5, 5.41) is 0. The summed E-state index contributed by atoms with van der Waals surface area (Å²) in [6.07, 6.45) is 4.28. The molecular weight excluding hydrogens is 194 g/mol. The Morgan fingerprint density at radius 1 is 1.64 bits per heavy atom. The van der Waals surface area contributed by atoms with Crippen LogP contribution in [0.15, 0.2) is 12.4 Å². The van der Waals surface area contributed by atoms with Crippen LogP contribution in [0.4, 0.5) is 5.82 Å². The minimum atomic E-state index is 0.664. The van der Waals surface area contributed by atoms with Crippen LogP contribution in [0.2, 0.25) is 0 Å². The Morgan fingerprint density at radius 2 is 2.50 bits per heavy atom. The maximum absolute atomic E-state index is 5.04. The topological polar surface area (TPSA) is 31.9 Å². The molecular formula is C10H15N3S. The van der Waals surface area contributed by atoms with Gasteiger partial charge in [0.1, 0.15) is 10.5 Å². The van der Waals surface area contributed by atoms with Gasteiger partial charge in [0.15, 0.2) is 0 Å². The summed E-state index contributed by atoms with van der Waals surface area (Å²) in [6, 6.07) is 1.94. The number of aromatic amines is 1. The van der Waals surface area contributed by atoms with Crippen molar-refractivity contribution in [2.75, 3.05) is 18.0 Å². The van der Waals surface area contributed by atoms with Gasteiger partial charge in [-0.25, -0.2) is 4.98 Å². The molecule has 14 heavy (non-hydrogen) atoms. The Balaban J connectivity index is 2.18. The van der Waals surface area contributed by atoms with Gasteiger partial charge in [-0.2, -0.15) is 0 Å². The summed E-state index contributed by atoms with van der Waals surface area (Å²) in [5.74, 6) is 1.88. The van der Waals surface area contributed by atoms with Crippen LogP contribution in [0.1, 0.15) is 19.8 Å². The fraction of sp³-hybridized carbons (Fsp3) is 0.600. The van der Waals surface area contributed by atoms with Crippen LogP contribution in [0.5, 0.6) is 0 Å². The molecule has 0 amide bonds. The van der Waals surface area contributed by atoms with Gasteiger partial charge in [0.2, 0.25) is 0 Å². The SMILES string of the molecule is C[C@H]1CCCN(c2cc(=S)nc[nH]2)C1. The van der Waals surface area contributed by atoms with Gasteiger partial charge in [-0.15, -0.1) is 0 Å². The van der Waals surface area contributed by atoms with E-state index in [1.165, 1.54) is 12.8 Å². The molecule has 3 nitrogen and oxygen atoms in total. The second kappa shape index (κ2) is 4.09. The van der Waals surface area contributed by atoms with Crippen LogP contribution in [0, 0.1) is 10.6 Å². The number of hydrogen-bond acceptors (Lipinski definition) is 3. The quantitative estimate of drug-likeness (QED) is 0.721. The molecule has 2 rings (SSSR count). The van der Waals surface area contributed by atoms with E-state index in [1.807, 2.05) is 6.07 Å². The average Bonchev–Trinajstić information content (AvgIpc) is 2.18. The minimum Gasteiger partial charge on any atom is -0.358 e. The zero-order chi connectivity index (χ0) is 9.97. The van der Waals surface area contributed by atoms with E-state index >= 15 is 0 Å². The molecule has 1 saturated heterocycles. The molecule has 1 aromatic heterocycles. The number of piperidine rings is 1. The van der Waals surface area contributed by atoms with E-state index < -0.39 is 0 Å². The van der Waals surface area contributed by atoms with Gasteiger partial charge >= 0.3 is 0 Å². The van der Waals surface area contributed by atoms with Crippen LogP contribution in [-0.2, 0) is 0 Å². The predicted molar refractivity (Wildman–Crippen MR) is 60.0 cm³/mol. The summed E-state index contributed by atoms with van der Waals surface area (Å²) in [4.78, 5) is 9.49. The molecule has 1 aliphatic rings. The first kappa shape index (κ1) is 9.65. The Hall–Kier alpha value is -0.900. The highest BCUT2D eigenvalue weighted by Gasteiger charge is 2.16. The second-order valence-electron chi connectivity index (χ2n) is 3.96. The summed E-state index contributed by atoms with van der Waals surface area (Å²) in [6.45, 7) is 4.54. The smallest absolute Gasteiger partial charge is 0.131 e. The molecule has 0 radical (unpaired) electrons. The lowest BCUT2D eigenvalue weighted by atomic mass is 10.0. The van der Waals surface area contributed by atoms with Crippen molar-refractivity contribution in [2.24, 2.45) is 5.92 Å². The first-order valence-corrected chi connectivity index (χ1v) is 5.46. The number of rotatable bonds is 1. The number of H-pyrrole nitrogens is 1. The number of nitrogens with one attached hydrogen (secondary N) is 1. The predicted octanol–water partition coefficient (Wildman–Crippen LogP) is 2.38. The fourth-order valence-corrected chi connectivity index (χ4v) is 2.11. The van der Waals surface area contributed by atoms with Crippen molar-refractivity contribution in [3.8, 4) is 0 Å². The molecule has 1 fully saturated rings. The third-order valence-electron chi connectivity index (χ3n) is 2.66. The Morgan fingerprint density at radius 3 is 3.21 bits per heavy atom. The second-order valence-corrected chi connectivity index (χ2v) is 4.38. The molecule has 1 aliphatic heterocycles. The van der Waals surface area contributed by atoms with Crippen molar-refractivity contribution in [3.05, 3.63) is 17.0 Å². The van der Waals surface area contributed by atoms with Crippen molar-refractivity contribution >= 4 is 18.0 Å². The van der Waals surface area contributed by atoms with Crippen molar-refractivity contribution in [1.82, 2.24) is 9.97 Å². The summed E-state index contributed by atoms with van der Waals surface area (Å²) in [7, 11) is 0. The van der Waals surface area contributed by atoms with Crippen LogP contribution in [0.3, 0.4) is 0 Å². The van der Waals surface area contributed by atoms with Gasteiger partial charge in [-0.3, -0.25) is 0 Å². The van der Waals surface area contributed by atoms with Crippen molar-refractivity contribution in [1.29, 1.82) is 0 Å². The molecule has 1 aromatic rings. The van der Waals surface area contributed by atoms with Crippen molar-refractivity contribution in [2.45, 2.75) is 19.8 Å². The van der Waals surface area contributed by atoms with E-state index in [0.29, 0.717) is 4.64 Å². The lowest BCUT2D eigenvalue weighted by Crippen LogP contribution is -2.34. The molecule has 0 bridgehead atoms. The highest BCUT2D eigenvalue weighted by Crippen LogP contribution is 2.20. The highest BCUT2D eigenvalue weighted by atomic mass is 32.1. The third kappa shape index (κ3) is 2.12. The van der Waals surface area contributed by atoms with Gasteiger partial charge in [0.05, 0.1) is 6.33 Å². The number of hydrogen-bond donors (Lipinski definition) is 1. The molecule has 4 heteroatoms. The highest BCUT2D eigenvalue weighted by molar-refractivity contribution is 7.71. The van der Waals surface area contributed by atoms with Crippen molar-refractivity contribution in [3.63, 3.8) is 0 Å². The molecule has 0 unspecified atom stereocenters. The first-order valence-electron chi connectivity index (χ1n) is 5.05. The Kier molecular flexibility index (Phi) is 2.82. The number of nitrogens with zero attached hydrogens (tertiary/aromatic N) is 2. The van der Waals surface area contributed by atoms with Gasteiger partial charge in [-0.05, 0) is 18.8 Å². The van der Waals surface area contributed by atoms with Crippen LogP contribution >= 0.6 is 12.2 Å². The van der Waals surface area contributed by atoms with Gasteiger partial charge in [0, 0.05) is 19.2 Å². The molecule has 0 spiro atoms. The zero-order valence-corrected chi connectivity index (χ0v) is 9.18. The molecule has 2 heterocycles. The maximum Gasteiger partial charge on any atom is 0.131 e. The summed E-state index contributed by atoms with van der Waals surface area (Å²) in [5.41, 5.74) is 0. The van der Waals surface area contributed by atoms with E-state index in [0.717, 1.165) is 24.8 Å². The first-order chi connectivity index (χ1) is 6.75. The monoisotopic (exact) mass is 209 g/mol. The molecule has 0 aliphatic carbocycles. The molecule has 1 N–H and O–H groups in total. The number of anilines is 1. The Labute approximate surface area is 89.2 Å². The van der Waals surface area contributed by atoms with E-state index in [2.05, 4.69) is 21.8 Å². The van der Waals surface area contributed by atoms with E-state index in [9.17, 15) is 0 Å². The van der Waals surface area contributed by atoms with Gasteiger partial charge in [-0.1, -0.05) is 19.1 Å². The summed E-state index contributed by atoms with van der Waals surface area (Å²) >= 11 is 5.04. The molecule has 1 atom stereocenters. The van der Waals surface area contributed by atoms with Crippen molar-refractivity contribution < 1.29 is 0 Å². The van der Waals surface area contributed by atoms with Gasteiger partial charge < -0.3 is 9.88 Å². The Bertz CT molecular complexity index is 360. The standard InChI is InChI=1S/C10H15N3S/c1-8-3-2-4-13(6-8)9-5-10(14)12-7-11-9/h5,7-8H,2-4,6H2,1H3,(H,11,12,14)/t8-/m0/s1. The zero-order valence-electron chi connectivity index (χ0n) is 8.36. The minimum absolute atomic E-state index is 0.664. The largest absolute Gasteiger partial charge is 0.358 e. The van der Waals surface area contributed by atoms with Gasteiger partial charge in [0.25, 0.3) is 0 Å². The molecule has 0 saturated carbocycles. The van der Waals surface area contributed by atoms with Crippen LogP contribution < -0.4 is 4.90 Å².